The summed E-state index contributed by atoms with van der Waals surface area (Å²) in [4.78, 5) is 4.90. The predicted octanol–water partition coefficient (Wildman–Crippen LogP) is 1.86. The highest BCUT2D eigenvalue weighted by Gasteiger charge is 2.64. The third-order valence-electron chi connectivity index (χ3n) is 7.39. The highest BCUT2D eigenvalue weighted by molar-refractivity contribution is 5.51. The molecule has 0 aliphatic carbocycles. The van der Waals surface area contributed by atoms with Crippen LogP contribution in [0.4, 0.5) is 0 Å². The molecule has 2 aromatic carbocycles. The largest absolute Gasteiger partial charge is 0.493 e. The van der Waals surface area contributed by atoms with Gasteiger partial charge < -0.3 is 24.1 Å². The number of piperidine rings is 2. The minimum atomic E-state index is -0.552. The monoisotopic (exact) mass is 426 g/mol. The first-order chi connectivity index (χ1) is 15.0. The fourth-order valence-corrected chi connectivity index (χ4v) is 6.14. The molecule has 0 radical (unpaired) electrons. The maximum absolute atomic E-state index is 12.0. The number of aliphatic hydroxyl groups is 1. The lowest BCUT2D eigenvalue weighted by molar-refractivity contribution is -0.175. The average molecular weight is 427 g/mol. The van der Waals surface area contributed by atoms with Crippen LogP contribution in [0, 0.1) is 0 Å². The molecule has 0 aromatic heterocycles. The van der Waals surface area contributed by atoms with E-state index in [1.165, 1.54) is 0 Å². The highest BCUT2D eigenvalue weighted by atomic mass is 16.5. The molecule has 166 valence electrons. The fourth-order valence-electron chi connectivity index (χ4n) is 6.14. The Morgan fingerprint density at radius 1 is 0.677 bits per heavy atom. The van der Waals surface area contributed by atoms with Gasteiger partial charge in [-0.3, -0.25) is 9.80 Å². The molecule has 4 aliphatic heterocycles. The zero-order valence-electron chi connectivity index (χ0n) is 18.6. The molecule has 4 saturated heterocycles. The van der Waals surface area contributed by atoms with E-state index >= 15 is 0 Å². The number of hydrogen-bond donors (Lipinski definition) is 1. The van der Waals surface area contributed by atoms with Gasteiger partial charge in [-0.1, -0.05) is 12.1 Å². The van der Waals surface area contributed by atoms with Crippen LogP contribution in [-0.4, -0.2) is 82.3 Å². The van der Waals surface area contributed by atoms with Crippen molar-refractivity contribution in [2.75, 3.05) is 61.3 Å². The lowest BCUT2D eigenvalue weighted by Gasteiger charge is -2.67. The molecular formula is C24H30N2O5. The van der Waals surface area contributed by atoms with Gasteiger partial charge in [0.15, 0.2) is 23.0 Å². The van der Waals surface area contributed by atoms with Crippen LogP contribution in [0.5, 0.6) is 23.0 Å². The lowest BCUT2D eigenvalue weighted by atomic mass is 9.55. The third kappa shape index (κ3) is 2.83. The van der Waals surface area contributed by atoms with E-state index in [2.05, 4.69) is 21.9 Å². The van der Waals surface area contributed by atoms with Gasteiger partial charge >= 0.3 is 0 Å². The number of methoxy groups -OCH3 is 4. The van der Waals surface area contributed by atoms with E-state index in [4.69, 9.17) is 18.9 Å². The van der Waals surface area contributed by atoms with Crippen LogP contribution in [0.15, 0.2) is 36.4 Å². The van der Waals surface area contributed by atoms with Gasteiger partial charge in [0.05, 0.1) is 41.2 Å². The molecule has 0 saturated carbocycles. The summed E-state index contributed by atoms with van der Waals surface area (Å²) in [5.41, 5.74) is 1.33. The second-order valence-electron chi connectivity index (χ2n) is 8.97. The van der Waals surface area contributed by atoms with Gasteiger partial charge in [0.2, 0.25) is 0 Å². The Morgan fingerprint density at radius 2 is 1.06 bits per heavy atom. The zero-order chi connectivity index (χ0) is 21.8. The van der Waals surface area contributed by atoms with Crippen molar-refractivity contribution in [1.29, 1.82) is 0 Å². The van der Waals surface area contributed by atoms with Crippen molar-refractivity contribution in [3.05, 3.63) is 47.5 Å². The highest BCUT2D eigenvalue weighted by Crippen LogP contribution is 2.53. The van der Waals surface area contributed by atoms with Crippen LogP contribution >= 0.6 is 0 Å². The van der Waals surface area contributed by atoms with Gasteiger partial charge in [0.25, 0.3) is 0 Å². The van der Waals surface area contributed by atoms with Crippen LogP contribution in [0.1, 0.15) is 11.1 Å². The van der Waals surface area contributed by atoms with E-state index in [0.717, 1.165) is 44.0 Å². The molecule has 0 spiro atoms. The lowest BCUT2D eigenvalue weighted by Crippen LogP contribution is -2.80. The van der Waals surface area contributed by atoms with Crippen molar-refractivity contribution in [2.45, 2.75) is 16.9 Å². The van der Waals surface area contributed by atoms with E-state index in [1.54, 1.807) is 28.4 Å². The number of hydrogen-bond acceptors (Lipinski definition) is 7. The van der Waals surface area contributed by atoms with Crippen molar-refractivity contribution < 1.29 is 24.1 Å². The van der Waals surface area contributed by atoms with Crippen molar-refractivity contribution in [1.82, 2.24) is 9.80 Å². The molecule has 4 bridgehead atoms. The van der Waals surface area contributed by atoms with Gasteiger partial charge in [-0.25, -0.2) is 0 Å². The number of ether oxygens (including phenoxy) is 4. The van der Waals surface area contributed by atoms with Gasteiger partial charge in [0.1, 0.15) is 0 Å². The Balaban J connectivity index is 1.63. The molecule has 1 N–H and O–H groups in total. The first kappa shape index (κ1) is 20.4. The van der Waals surface area contributed by atoms with Crippen LogP contribution < -0.4 is 18.9 Å². The average Bonchev–Trinajstić information content (AvgIpc) is 2.80. The van der Waals surface area contributed by atoms with Gasteiger partial charge in [0, 0.05) is 37.0 Å². The standard InChI is InChI=1S/C24H30N2O5/c1-28-18-7-5-16(9-20(18)30-3)23-11-25-13-24(22(23)27,14-26(12-23)15-25)17-6-8-19(29-2)21(10-17)31-4/h5-10,22,27H,11-15H2,1-4H3. The van der Waals surface area contributed by atoms with Crippen molar-refractivity contribution in [3.63, 3.8) is 0 Å². The second-order valence-corrected chi connectivity index (χ2v) is 8.97. The normalized spacial score (nSPS) is 33.3. The SMILES string of the molecule is COc1ccc(C23CN4CN(C2)CC(c2ccc(OC)c(OC)c2)(C4)C3O)cc1OC. The molecule has 7 heteroatoms. The number of aliphatic hydroxyl groups excluding tert-OH is 1. The van der Waals surface area contributed by atoms with Crippen molar-refractivity contribution in [3.8, 4) is 23.0 Å². The van der Waals surface area contributed by atoms with Crippen LogP contribution in [0.3, 0.4) is 0 Å². The Hall–Kier alpha value is -2.48. The summed E-state index contributed by atoms with van der Waals surface area (Å²) < 4.78 is 22.0. The number of benzene rings is 2. The summed E-state index contributed by atoms with van der Waals surface area (Å²) in [6.07, 6.45) is -0.552. The van der Waals surface area contributed by atoms with Crippen LogP contribution in [-0.2, 0) is 10.8 Å². The smallest absolute Gasteiger partial charge is 0.161 e. The molecule has 6 rings (SSSR count). The van der Waals surface area contributed by atoms with Crippen molar-refractivity contribution >= 4 is 0 Å². The molecule has 4 heterocycles. The van der Waals surface area contributed by atoms with E-state index in [0.29, 0.717) is 23.0 Å². The van der Waals surface area contributed by atoms with Crippen LogP contribution in [0.2, 0.25) is 0 Å². The summed E-state index contributed by atoms with van der Waals surface area (Å²) >= 11 is 0. The number of rotatable bonds is 6. The van der Waals surface area contributed by atoms with E-state index in [9.17, 15) is 5.11 Å². The Bertz CT molecular complexity index is 904. The second kappa shape index (κ2) is 7.29. The first-order valence-corrected chi connectivity index (χ1v) is 10.6. The maximum atomic E-state index is 12.0. The molecule has 0 atom stereocenters. The fraction of sp³-hybridized carbons (Fsp3) is 0.500. The predicted molar refractivity (Wildman–Crippen MR) is 116 cm³/mol. The summed E-state index contributed by atoms with van der Waals surface area (Å²) in [5, 5.41) is 12.0. The minimum absolute atomic E-state index is 0.415. The van der Waals surface area contributed by atoms with Crippen LogP contribution in [0.25, 0.3) is 0 Å². The molecule has 0 unspecified atom stereocenters. The van der Waals surface area contributed by atoms with Gasteiger partial charge in [-0.15, -0.1) is 0 Å². The molecule has 7 nitrogen and oxygen atoms in total. The maximum Gasteiger partial charge on any atom is 0.161 e. The molecule has 4 aliphatic rings. The molecule has 0 amide bonds. The summed E-state index contributed by atoms with van der Waals surface area (Å²) in [6, 6.07) is 12.1. The quantitative estimate of drug-likeness (QED) is 0.757. The van der Waals surface area contributed by atoms with Gasteiger partial charge in [-0.05, 0) is 35.4 Å². The Kier molecular flexibility index (Phi) is 4.80. The zero-order valence-corrected chi connectivity index (χ0v) is 18.6. The van der Waals surface area contributed by atoms with Crippen molar-refractivity contribution in [2.24, 2.45) is 0 Å². The van der Waals surface area contributed by atoms with Gasteiger partial charge in [-0.2, -0.15) is 0 Å². The van der Waals surface area contributed by atoms with E-state index < -0.39 is 16.9 Å². The minimum Gasteiger partial charge on any atom is -0.493 e. The Morgan fingerprint density at radius 3 is 1.42 bits per heavy atom. The topological polar surface area (TPSA) is 63.6 Å². The van der Waals surface area contributed by atoms with E-state index in [1.807, 2.05) is 24.3 Å². The molecular weight excluding hydrogens is 396 g/mol. The Labute approximate surface area is 183 Å². The summed E-state index contributed by atoms with van der Waals surface area (Å²) in [6.45, 7) is 4.19. The number of nitrogens with zero attached hydrogens (tertiary/aromatic N) is 2. The third-order valence-corrected chi connectivity index (χ3v) is 7.39. The first-order valence-electron chi connectivity index (χ1n) is 10.6. The summed E-state index contributed by atoms with van der Waals surface area (Å²) in [5.74, 6) is 2.77. The summed E-state index contributed by atoms with van der Waals surface area (Å²) in [7, 11) is 6.58. The molecule has 2 aromatic rings. The molecule has 4 fully saturated rings. The molecule has 31 heavy (non-hydrogen) atoms. The van der Waals surface area contributed by atoms with E-state index in [-0.39, 0.29) is 0 Å².